The van der Waals surface area contributed by atoms with Crippen LogP contribution in [0.2, 0.25) is 0 Å². The minimum atomic E-state index is -0.169. The Hall–Kier alpha value is -3.67. The van der Waals surface area contributed by atoms with Crippen LogP contribution in [0.1, 0.15) is 5.56 Å². The summed E-state index contributed by atoms with van der Waals surface area (Å²) in [7, 11) is 3.17. The van der Waals surface area contributed by atoms with Gasteiger partial charge in [0.1, 0.15) is 17.2 Å². The highest BCUT2D eigenvalue weighted by Gasteiger charge is 2.08. The molecule has 0 aliphatic rings. The molecule has 3 aromatic carbocycles. The molecule has 0 atom stereocenters. The number of methoxy groups -OCH3 is 2. The quantitative estimate of drug-likeness (QED) is 0.523. The minimum Gasteiger partial charge on any atom is -0.497 e. The molecular formula is C24H26N2O4. The third kappa shape index (κ3) is 6.17. The first-order valence-electron chi connectivity index (χ1n) is 9.70. The summed E-state index contributed by atoms with van der Waals surface area (Å²) < 4.78 is 16.3. The molecule has 0 aromatic heterocycles. The Balaban J connectivity index is 1.46. The zero-order chi connectivity index (χ0) is 21.2. The maximum atomic E-state index is 12.3. The van der Waals surface area contributed by atoms with E-state index in [0.717, 1.165) is 12.2 Å². The topological polar surface area (TPSA) is 68.8 Å². The van der Waals surface area contributed by atoms with E-state index in [9.17, 15) is 4.79 Å². The Kier molecular flexibility index (Phi) is 7.55. The first-order chi connectivity index (χ1) is 14.7. The molecule has 6 nitrogen and oxygen atoms in total. The number of amides is 1. The number of benzene rings is 3. The Morgan fingerprint density at radius 1 is 0.867 bits per heavy atom. The Morgan fingerprint density at radius 3 is 2.30 bits per heavy atom. The highest BCUT2D eigenvalue weighted by atomic mass is 16.5. The lowest BCUT2D eigenvalue weighted by molar-refractivity contribution is -0.114. The van der Waals surface area contributed by atoms with Gasteiger partial charge >= 0.3 is 0 Å². The minimum absolute atomic E-state index is 0.0961. The van der Waals surface area contributed by atoms with E-state index in [-0.39, 0.29) is 12.5 Å². The standard InChI is InChI=1S/C24H26N2O4/c1-28-21-12-13-23(29-2)22(16-21)25-17-24(27)26-19-8-10-20(11-9-19)30-15-14-18-6-4-3-5-7-18/h3-13,16,25H,14-15,17H2,1-2H3,(H,26,27). The second-order valence-electron chi connectivity index (χ2n) is 6.58. The number of anilines is 2. The van der Waals surface area contributed by atoms with Gasteiger partial charge < -0.3 is 24.8 Å². The van der Waals surface area contributed by atoms with Crippen LogP contribution < -0.4 is 24.8 Å². The van der Waals surface area contributed by atoms with Crippen molar-refractivity contribution in [3.63, 3.8) is 0 Å². The fourth-order valence-electron chi connectivity index (χ4n) is 2.90. The highest BCUT2D eigenvalue weighted by molar-refractivity contribution is 5.94. The number of carbonyl (C=O) groups excluding carboxylic acids is 1. The third-order valence-corrected chi connectivity index (χ3v) is 4.49. The van der Waals surface area contributed by atoms with Crippen molar-refractivity contribution in [1.82, 2.24) is 0 Å². The molecule has 0 aliphatic heterocycles. The molecule has 0 unspecified atom stereocenters. The van der Waals surface area contributed by atoms with E-state index in [1.165, 1.54) is 5.56 Å². The first-order valence-corrected chi connectivity index (χ1v) is 9.70. The van der Waals surface area contributed by atoms with Crippen molar-refractivity contribution >= 4 is 17.3 Å². The van der Waals surface area contributed by atoms with E-state index < -0.39 is 0 Å². The first kappa shape index (κ1) is 21.0. The highest BCUT2D eigenvalue weighted by Crippen LogP contribution is 2.28. The van der Waals surface area contributed by atoms with Gasteiger partial charge in [0.05, 0.1) is 33.1 Å². The van der Waals surface area contributed by atoms with Crippen LogP contribution in [-0.4, -0.2) is 33.3 Å². The zero-order valence-corrected chi connectivity index (χ0v) is 17.2. The maximum Gasteiger partial charge on any atom is 0.243 e. The van der Waals surface area contributed by atoms with E-state index in [1.807, 2.05) is 42.5 Å². The average Bonchev–Trinajstić information content (AvgIpc) is 2.79. The van der Waals surface area contributed by atoms with Gasteiger partial charge in [0.2, 0.25) is 5.91 Å². The number of hydrogen-bond donors (Lipinski definition) is 2. The number of carbonyl (C=O) groups is 1. The number of nitrogens with one attached hydrogen (secondary N) is 2. The molecule has 0 fully saturated rings. The Labute approximate surface area is 176 Å². The fourth-order valence-corrected chi connectivity index (χ4v) is 2.90. The van der Waals surface area contributed by atoms with Crippen molar-refractivity contribution in [3.05, 3.63) is 78.4 Å². The van der Waals surface area contributed by atoms with Crippen molar-refractivity contribution in [2.24, 2.45) is 0 Å². The summed E-state index contributed by atoms with van der Waals surface area (Å²) in [5.41, 5.74) is 2.63. The lowest BCUT2D eigenvalue weighted by atomic mass is 10.2. The second kappa shape index (κ2) is 10.8. The van der Waals surface area contributed by atoms with Crippen molar-refractivity contribution < 1.29 is 19.0 Å². The van der Waals surface area contributed by atoms with Crippen LogP contribution in [0.15, 0.2) is 72.8 Å². The van der Waals surface area contributed by atoms with Crippen molar-refractivity contribution in [3.8, 4) is 17.2 Å². The molecule has 30 heavy (non-hydrogen) atoms. The summed E-state index contributed by atoms with van der Waals surface area (Å²) in [6, 6.07) is 22.9. The summed E-state index contributed by atoms with van der Waals surface area (Å²) in [4.78, 5) is 12.3. The predicted octanol–water partition coefficient (Wildman–Crippen LogP) is 4.38. The largest absolute Gasteiger partial charge is 0.497 e. The summed E-state index contributed by atoms with van der Waals surface area (Å²) in [6.07, 6.45) is 0.846. The van der Waals surface area contributed by atoms with Crippen LogP contribution in [0, 0.1) is 0 Å². The molecule has 0 radical (unpaired) electrons. The molecule has 0 saturated carbocycles. The van der Waals surface area contributed by atoms with Crippen molar-refractivity contribution in [1.29, 1.82) is 0 Å². The lowest BCUT2D eigenvalue weighted by Crippen LogP contribution is -2.22. The van der Waals surface area contributed by atoms with E-state index in [4.69, 9.17) is 14.2 Å². The van der Waals surface area contributed by atoms with E-state index in [1.54, 1.807) is 32.4 Å². The Bertz CT molecular complexity index is 943. The molecule has 0 saturated heterocycles. The number of rotatable bonds is 10. The van der Waals surface area contributed by atoms with Crippen LogP contribution in [0.5, 0.6) is 17.2 Å². The second-order valence-corrected chi connectivity index (χ2v) is 6.58. The predicted molar refractivity (Wildman–Crippen MR) is 119 cm³/mol. The summed E-state index contributed by atoms with van der Waals surface area (Å²) in [5, 5.41) is 5.93. The molecule has 156 valence electrons. The van der Waals surface area contributed by atoms with Crippen LogP contribution in [0.25, 0.3) is 0 Å². The summed E-state index contributed by atoms with van der Waals surface area (Å²) in [6.45, 7) is 0.695. The molecule has 0 bridgehead atoms. The summed E-state index contributed by atoms with van der Waals surface area (Å²) >= 11 is 0. The van der Waals surface area contributed by atoms with E-state index >= 15 is 0 Å². The van der Waals surface area contributed by atoms with Gasteiger partial charge in [-0.15, -0.1) is 0 Å². The summed E-state index contributed by atoms with van der Waals surface area (Å²) in [5.74, 6) is 1.92. The van der Waals surface area contributed by atoms with Gasteiger partial charge in [-0.25, -0.2) is 0 Å². The molecule has 3 aromatic rings. The van der Waals surface area contributed by atoms with Gasteiger partial charge in [0.15, 0.2) is 0 Å². The lowest BCUT2D eigenvalue weighted by Gasteiger charge is -2.13. The van der Waals surface area contributed by atoms with Crippen LogP contribution in [0.3, 0.4) is 0 Å². The maximum absolute atomic E-state index is 12.3. The molecule has 0 spiro atoms. The van der Waals surface area contributed by atoms with Gasteiger partial charge in [0, 0.05) is 18.2 Å². The third-order valence-electron chi connectivity index (χ3n) is 4.49. The van der Waals surface area contributed by atoms with Crippen LogP contribution in [-0.2, 0) is 11.2 Å². The fraction of sp³-hybridized carbons (Fsp3) is 0.208. The van der Waals surface area contributed by atoms with E-state index in [2.05, 4.69) is 22.8 Å². The molecule has 0 heterocycles. The molecule has 2 N–H and O–H groups in total. The van der Waals surface area contributed by atoms with Gasteiger partial charge in [-0.2, -0.15) is 0 Å². The van der Waals surface area contributed by atoms with Crippen molar-refractivity contribution in [2.45, 2.75) is 6.42 Å². The molecule has 0 aliphatic carbocycles. The average molecular weight is 406 g/mol. The monoisotopic (exact) mass is 406 g/mol. The molecular weight excluding hydrogens is 380 g/mol. The van der Waals surface area contributed by atoms with E-state index in [0.29, 0.717) is 29.5 Å². The van der Waals surface area contributed by atoms with Gasteiger partial charge in [-0.1, -0.05) is 30.3 Å². The van der Waals surface area contributed by atoms with Crippen LogP contribution >= 0.6 is 0 Å². The zero-order valence-electron chi connectivity index (χ0n) is 17.2. The SMILES string of the molecule is COc1ccc(OC)c(NCC(=O)Nc2ccc(OCCc3ccccc3)cc2)c1. The smallest absolute Gasteiger partial charge is 0.243 e. The van der Waals surface area contributed by atoms with Gasteiger partial charge in [-0.3, -0.25) is 4.79 Å². The van der Waals surface area contributed by atoms with Gasteiger partial charge in [0.25, 0.3) is 0 Å². The number of ether oxygens (including phenoxy) is 3. The normalized spacial score (nSPS) is 10.2. The molecule has 3 rings (SSSR count). The molecule has 1 amide bonds. The Morgan fingerprint density at radius 2 is 1.60 bits per heavy atom. The van der Waals surface area contributed by atoms with Gasteiger partial charge in [-0.05, 0) is 42.0 Å². The van der Waals surface area contributed by atoms with Crippen LogP contribution in [0.4, 0.5) is 11.4 Å². The number of hydrogen-bond acceptors (Lipinski definition) is 5. The molecule has 6 heteroatoms. The van der Waals surface area contributed by atoms with Crippen molar-refractivity contribution in [2.75, 3.05) is 38.0 Å².